The molecule has 6 nitrogen and oxygen atoms in total. The Bertz CT molecular complexity index is 1100. The fourth-order valence-corrected chi connectivity index (χ4v) is 10.00. The van der Waals surface area contributed by atoms with Gasteiger partial charge in [0.05, 0.1) is 24.9 Å². The van der Waals surface area contributed by atoms with E-state index in [0.717, 1.165) is 19.3 Å². The van der Waals surface area contributed by atoms with Crippen molar-refractivity contribution < 1.29 is 23.1 Å². The van der Waals surface area contributed by atoms with Crippen molar-refractivity contribution in [1.82, 2.24) is 4.31 Å². The first-order valence-electron chi connectivity index (χ1n) is 12.0. The standard InChI is InChI=1S/C26H35NO5S/c1-23(2)20-9-11-25(23,26(29,16-20)17-22(28)32-3)18-33(30,31)27-14-12-24(13-15-27)10-8-19-6-4-5-7-21(19)24/h4-8,10,20,29H,9,11-18H2,1-3H3/t20-,25+,26-/m1/s1. The van der Waals surface area contributed by atoms with E-state index in [1.165, 1.54) is 18.2 Å². The number of ether oxygens (including phenoxy) is 1. The van der Waals surface area contributed by atoms with E-state index in [1.807, 2.05) is 6.07 Å². The highest BCUT2D eigenvalue weighted by Crippen LogP contribution is 2.71. The second-order valence-corrected chi connectivity index (χ2v) is 13.2. The van der Waals surface area contributed by atoms with Gasteiger partial charge in [-0.25, -0.2) is 12.7 Å². The Balaban J connectivity index is 1.39. The molecule has 0 amide bonds. The number of aliphatic hydroxyl groups is 1. The summed E-state index contributed by atoms with van der Waals surface area (Å²) < 4.78 is 34.1. The smallest absolute Gasteiger partial charge is 0.308 e. The first-order chi connectivity index (χ1) is 15.5. The van der Waals surface area contributed by atoms with Crippen molar-refractivity contribution in [3.63, 3.8) is 0 Å². The van der Waals surface area contributed by atoms with Crippen molar-refractivity contribution in [3.8, 4) is 0 Å². The molecular weight excluding hydrogens is 438 g/mol. The molecule has 1 heterocycles. The van der Waals surface area contributed by atoms with Gasteiger partial charge in [0.1, 0.15) is 0 Å². The maximum absolute atomic E-state index is 13.8. The number of carbonyl (C=O) groups excluding carboxylic acids is 1. The van der Waals surface area contributed by atoms with Crippen LogP contribution >= 0.6 is 0 Å². The maximum atomic E-state index is 13.8. The Labute approximate surface area is 197 Å². The minimum atomic E-state index is -3.62. The number of allylic oxidation sites excluding steroid dienone is 1. The SMILES string of the molecule is COC(=O)C[C@]1(O)C[C@H]2CC[C@]1(CS(=O)(=O)N1CCC3(C=Cc4ccccc43)CC1)C2(C)C. The summed E-state index contributed by atoms with van der Waals surface area (Å²) >= 11 is 0. The van der Waals surface area contributed by atoms with E-state index in [2.05, 4.69) is 44.2 Å². The maximum Gasteiger partial charge on any atom is 0.308 e. The van der Waals surface area contributed by atoms with Crippen molar-refractivity contribution in [2.75, 3.05) is 26.0 Å². The van der Waals surface area contributed by atoms with E-state index in [-0.39, 0.29) is 28.9 Å². The fraction of sp³-hybridized carbons (Fsp3) is 0.654. The number of esters is 1. The van der Waals surface area contributed by atoms with Crippen molar-refractivity contribution in [3.05, 3.63) is 41.5 Å². The number of benzene rings is 1. The number of sulfonamides is 1. The third-order valence-electron chi connectivity index (χ3n) is 9.83. The average Bonchev–Trinajstić information content (AvgIpc) is 3.29. The van der Waals surface area contributed by atoms with E-state index in [1.54, 1.807) is 4.31 Å². The molecule has 2 saturated carbocycles. The Kier molecular flexibility index (Phi) is 5.17. The molecule has 1 aliphatic heterocycles. The number of fused-ring (bicyclic) bond motifs is 4. The molecule has 5 rings (SSSR count). The van der Waals surface area contributed by atoms with Gasteiger partial charge in [0.15, 0.2) is 0 Å². The molecular formula is C26H35NO5S. The van der Waals surface area contributed by atoms with Crippen LogP contribution in [-0.4, -0.2) is 55.4 Å². The van der Waals surface area contributed by atoms with Gasteiger partial charge in [-0.05, 0) is 54.6 Å². The van der Waals surface area contributed by atoms with Crippen LogP contribution in [0.5, 0.6) is 0 Å². The molecule has 1 aromatic carbocycles. The van der Waals surface area contributed by atoms with Gasteiger partial charge in [0, 0.05) is 23.9 Å². The molecule has 0 unspecified atom stereocenters. The molecule has 4 aliphatic rings. The second-order valence-electron chi connectivity index (χ2n) is 11.3. The lowest BCUT2D eigenvalue weighted by Crippen LogP contribution is -2.57. The van der Waals surface area contributed by atoms with E-state index < -0.39 is 27.0 Å². The van der Waals surface area contributed by atoms with Gasteiger partial charge >= 0.3 is 5.97 Å². The summed E-state index contributed by atoms with van der Waals surface area (Å²) in [6, 6.07) is 8.36. The van der Waals surface area contributed by atoms with Gasteiger partial charge < -0.3 is 9.84 Å². The predicted octanol–water partition coefficient (Wildman–Crippen LogP) is 3.50. The number of nitrogens with zero attached hydrogens (tertiary/aromatic N) is 1. The molecule has 2 bridgehead atoms. The molecule has 1 saturated heterocycles. The largest absolute Gasteiger partial charge is 0.469 e. The second kappa shape index (κ2) is 7.40. The first kappa shape index (κ1) is 23.1. The van der Waals surface area contributed by atoms with Crippen molar-refractivity contribution >= 4 is 22.1 Å². The van der Waals surface area contributed by atoms with E-state index >= 15 is 0 Å². The quantitative estimate of drug-likeness (QED) is 0.662. The molecule has 0 aromatic heterocycles. The summed E-state index contributed by atoms with van der Waals surface area (Å²) in [5.41, 5.74) is -0.144. The summed E-state index contributed by atoms with van der Waals surface area (Å²) in [7, 11) is -2.31. The lowest BCUT2D eigenvalue weighted by molar-refractivity contribution is -0.155. The predicted molar refractivity (Wildman–Crippen MR) is 127 cm³/mol. The van der Waals surface area contributed by atoms with Gasteiger partial charge in [-0.1, -0.05) is 50.3 Å². The summed E-state index contributed by atoms with van der Waals surface area (Å²) in [4.78, 5) is 12.2. The zero-order chi connectivity index (χ0) is 23.7. The van der Waals surface area contributed by atoms with E-state index in [9.17, 15) is 18.3 Å². The summed E-state index contributed by atoms with van der Waals surface area (Å²) in [6.45, 7) is 5.08. The summed E-state index contributed by atoms with van der Waals surface area (Å²) in [6.07, 6.45) is 7.72. The molecule has 3 fully saturated rings. The Hall–Kier alpha value is -1.70. The highest BCUT2D eigenvalue weighted by Gasteiger charge is 2.72. The monoisotopic (exact) mass is 473 g/mol. The van der Waals surface area contributed by atoms with Crippen molar-refractivity contribution in [2.24, 2.45) is 16.7 Å². The molecule has 1 N–H and O–H groups in total. The number of methoxy groups -OCH3 is 1. The lowest BCUT2D eigenvalue weighted by atomic mass is 9.63. The number of carbonyl (C=O) groups is 1. The third kappa shape index (κ3) is 3.18. The highest BCUT2D eigenvalue weighted by atomic mass is 32.2. The van der Waals surface area contributed by atoms with Crippen LogP contribution in [0.15, 0.2) is 30.3 Å². The fourth-order valence-electron chi connectivity index (χ4n) is 7.67. The van der Waals surface area contributed by atoms with Gasteiger partial charge in [-0.15, -0.1) is 0 Å². The van der Waals surface area contributed by atoms with Crippen LogP contribution < -0.4 is 0 Å². The number of piperidine rings is 1. The Morgan fingerprint density at radius 2 is 1.88 bits per heavy atom. The van der Waals surface area contributed by atoms with Crippen LogP contribution in [0.25, 0.3) is 6.08 Å². The minimum Gasteiger partial charge on any atom is -0.469 e. The molecule has 3 aliphatic carbocycles. The zero-order valence-electron chi connectivity index (χ0n) is 19.8. The van der Waals surface area contributed by atoms with Gasteiger partial charge in [0.2, 0.25) is 10.0 Å². The highest BCUT2D eigenvalue weighted by molar-refractivity contribution is 7.89. The number of rotatable bonds is 5. The number of hydrogen-bond donors (Lipinski definition) is 1. The van der Waals surface area contributed by atoms with Crippen molar-refractivity contribution in [1.29, 1.82) is 0 Å². The van der Waals surface area contributed by atoms with Crippen LogP contribution in [0, 0.1) is 16.7 Å². The van der Waals surface area contributed by atoms with E-state index in [4.69, 9.17) is 4.74 Å². The Morgan fingerprint density at radius 3 is 2.55 bits per heavy atom. The third-order valence-corrected chi connectivity index (χ3v) is 11.8. The van der Waals surface area contributed by atoms with E-state index in [0.29, 0.717) is 25.9 Å². The first-order valence-corrected chi connectivity index (χ1v) is 13.7. The van der Waals surface area contributed by atoms with Crippen LogP contribution in [-0.2, 0) is 25.0 Å². The summed E-state index contributed by atoms with van der Waals surface area (Å²) in [5, 5.41) is 11.7. The molecule has 3 atom stereocenters. The van der Waals surface area contributed by atoms with Gasteiger partial charge in [0.25, 0.3) is 0 Å². The molecule has 1 spiro atoms. The van der Waals surface area contributed by atoms with Crippen LogP contribution in [0.1, 0.15) is 63.5 Å². The zero-order valence-corrected chi connectivity index (χ0v) is 20.7. The molecule has 33 heavy (non-hydrogen) atoms. The average molecular weight is 474 g/mol. The van der Waals surface area contributed by atoms with Crippen LogP contribution in [0.2, 0.25) is 0 Å². The number of hydrogen-bond acceptors (Lipinski definition) is 5. The van der Waals surface area contributed by atoms with Gasteiger partial charge in [-0.3, -0.25) is 4.79 Å². The molecule has 1 aromatic rings. The van der Waals surface area contributed by atoms with Gasteiger partial charge in [-0.2, -0.15) is 0 Å². The summed E-state index contributed by atoms with van der Waals surface area (Å²) in [5.74, 6) is -0.396. The molecule has 7 heteroatoms. The molecule has 0 radical (unpaired) electrons. The van der Waals surface area contributed by atoms with Crippen LogP contribution in [0.3, 0.4) is 0 Å². The lowest BCUT2D eigenvalue weighted by Gasteiger charge is -2.48. The minimum absolute atomic E-state index is 0.0857. The van der Waals surface area contributed by atoms with Crippen LogP contribution in [0.4, 0.5) is 0 Å². The Morgan fingerprint density at radius 1 is 1.18 bits per heavy atom. The normalized spacial score (nSPS) is 34.0. The topological polar surface area (TPSA) is 83.9 Å². The van der Waals surface area contributed by atoms with Crippen molar-refractivity contribution in [2.45, 2.75) is 63.4 Å². The molecule has 180 valence electrons.